The molecule has 0 aromatic rings. The molecule has 4 fully saturated rings. The van der Waals surface area contributed by atoms with E-state index in [-0.39, 0.29) is 0 Å². The fraction of sp³-hybridized carbons (Fsp3) is 0.885. The molecule has 0 aromatic heterocycles. The maximum absolute atomic E-state index is 13.5. The second-order valence-electron chi connectivity index (χ2n) is 11.2. The van der Waals surface area contributed by atoms with Crippen molar-refractivity contribution in [1.82, 2.24) is 0 Å². The zero-order chi connectivity index (χ0) is 19.4. The van der Waals surface area contributed by atoms with Gasteiger partial charge in [0.2, 0.25) is 0 Å². The number of allylic oxidation sites excluding steroid dienone is 2. The van der Waals surface area contributed by atoms with E-state index in [4.69, 9.17) is 0 Å². The van der Waals surface area contributed by atoms with Gasteiger partial charge in [-0.1, -0.05) is 65.0 Å². The fourth-order valence-electron chi connectivity index (χ4n) is 8.83. The maximum atomic E-state index is 13.5. The number of hydrogen-bond acceptors (Lipinski definition) is 1. The van der Waals surface area contributed by atoms with Crippen molar-refractivity contribution in [1.29, 1.82) is 0 Å². The summed E-state index contributed by atoms with van der Waals surface area (Å²) in [5, 5.41) is 0. The Morgan fingerprint density at radius 3 is 2.56 bits per heavy atom. The van der Waals surface area contributed by atoms with Crippen LogP contribution in [0.1, 0.15) is 98.8 Å². The molecule has 1 nitrogen and oxygen atoms in total. The van der Waals surface area contributed by atoms with Crippen LogP contribution >= 0.6 is 0 Å². The molecule has 1 heteroatoms. The third-order valence-corrected chi connectivity index (χ3v) is 10.1. The van der Waals surface area contributed by atoms with Crippen LogP contribution in [0.4, 0.5) is 0 Å². The van der Waals surface area contributed by atoms with Crippen molar-refractivity contribution in [3.8, 4) is 0 Å². The Morgan fingerprint density at radius 2 is 1.85 bits per heavy atom. The normalized spacial score (nSPS) is 49.4. The summed E-state index contributed by atoms with van der Waals surface area (Å²) < 4.78 is 0. The van der Waals surface area contributed by atoms with E-state index < -0.39 is 0 Å². The molecule has 0 N–H and O–H groups in total. The highest BCUT2D eigenvalue weighted by Gasteiger charge is 2.63. The van der Waals surface area contributed by atoms with Crippen molar-refractivity contribution >= 4 is 5.78 Å². The predicted molar refractivity (Wildman–Crippen MR) is 113 cm³/mol. The minimum atomic E-state index is 0.352. The molecule has 8 atom stereocenters. The molecule has 4 aliphatic carbocycles. The summed E-state index contributed by atoms with van der Waals surface area (Å²) in [5.74, 6) is 4.43. The summed E-state index contributed by atoms with van der Waals surface area (Å²) >= 11 is 0. The minimum Gasteiger partial charge on any atom is -0.299 e. The summed E-state index contributed by atoms with van der Waals surface area (Å²) in [4.78, 5) is 13.5. The molecule has 0 spiro atoms. The molecule has 27 heavy (non-hydrogen) atoms. The van der Waals surface area contributed by atoms with Crippen molar-refractivity contribution in [3.63, 3.8) is 0 Å². The summed E-state index contributed by atoms with van der Waals surface area (Å²) in [6, 6.07) is 0. The summed E-state index contributed by atoms with van der Waals surface area (Å²) in [5.41, 5.74) is 2.49. The van der Waals surface area contributed by atoms with Crippen molar-refractivity contribution in [3.05, 3.63) is 11.6 Å². The summed E-state index contributed by atoms with van der Waals surface area (Å²) in [6.07, 6.45) is 15.2. The molecule has 0 amide bonds. The van der Waals surface area contributed by atoms with Gasteiger partial charge in [0.1, 0.15) is 5.78 Å². The molecule has 0 saturated heterocycles. The first kappa shape index (κ1) is 19.7. The smallest absolute Gasteiger partial charge is 0.136 e. The standard InChI is InChI=1S/C26H42O/c1-6-10-17(3)24-18(7-2)15-21-23-20(12-14-26(21,24)5)25(4)13-9-8-11-19(25)16-22(23)27/h7,17,19-21,23-24H,6,8-16H2,1-5H3/t17-,19+,20+,21+,23-,24+,25+,26+/m1/s1. The Labute approximate surface area is 167 Å². The van der Waals surface area contributed by atoms with Gasteiger partial charge >= 0.3 is 0 Å². The van der Waals surface area contributed by atoms with Crippen molar-refractivity contribution < 1.29 is 4.79 Å². The zero-order valence-electron chi connectivity index (χ0n) is 18.5. The molecule has 0 unspecified atom stereocenters. The molecule has 4 aliphatic rings. The van der Waals surface area contributed by atoms with Gasteiger partial charge in [-0.2, -0.15) is 0 Å². The van der Waals surface area contributed by atoms with Crippen LogP contribution in [0.2, 0.25) is 0 Å². The van der Waals surface area contributed by atoms with E-state index >= 15 is 0 Å². The predicted octanol–water partition coefficient (Wildman–Crippen LogP) is 7.21. The number of hydrogen-bond donors (Lipinski definition) is 0. The number of carbonyl (C=O) groups is 1. The molecule has 0 bridgehead atoms. The first-order chi connectivity index (χ1) is 12.9. The molecule has 4 saturated carbocycles. The highest BCUT2D eigenvalue weighted by molar-refractivity contribution is 5.83. The van der Waals surface area contributed by atoms with Crippen LogP contribution in [0.3, 0.4) is 0 Å². The number of rotatable bonds is 3. The minimum absolute atomic E-state index is 0.352. The lowest BCUT2D eigenvalue weighted by Crippen LogP contribution is -2.56. The number of fused-ring (bicyclic) bond motifs is 5. The number of carbonyl (C=O) groups excluding carboxylic acids is 1. The topological polar surface area (TPSA) is 17.1 Å². The quantitative estimate of drug-likeness (QED) is 0.480. The Kier molecular flexibility index (Phi) is 5.13. The van der Waals surface area contributed by atoms with E-state index in [0.29, 0.717) is 46.2 Å². The second-order valence-corrected chi connectivity index (χ2v) is 11.2. The third-order valence-electron chi connectivity index (χ3n) is 10.1. The number of ketones is 1. The van der Waals surface area contributed by atoms with Gasteiger partial charge in [0, 0.05) is 12.3 Å². The Morgan fingerprint density at radius 1 is 1.07 bits per heavy atom. The van der Waals surface area contributed by atoms with Crippen LogP contribution in [0.25, 0.3) is 0 Å². The highest BCUT2D eigenvalue weighted by Crippen LogP contribution is 2.68. The van der Waals surface area contributed by atoms with E-state index in [9.17, 15) is 4.79 Å². The van der Waals surface area contributed by atoms with Crippen LogP contribution in [0.5, 0.6) is 0 Å². The van der Waals surface area contributed by atoms with E-state index in [2.05, 4.69) is 40.7 Å². The molecule has 0 aromatic carbocycles. The third kappa shape index (κ3) is 2.81. The molecule has 0 radical (unpaired) electrons. The van der Waals surface area contributed by atoms with Gasteiger partial charge in [-0.25, -0.2) is 0 Å². The van der Waals surface area contributed by atoms with E-state index in [1.54, 1.807) is 5.57 Å². The van der Waals surface area contributed by atoms with Crippen LogP contribution in [-0.4, -0.2) is 5.78 Å². The van der Waals surface area contributed by atoms with Gasteiger partial charge in [-0.15, -0.1) is 0 Å². The Balaban J connectivity index is 1.70. The molecule has 152 valence electrons. The van der Waals surface area contributed by atoms with Crippen molar-refractivity contribution in [2.75, 3.05) is 0 Å². The van der Waals surface area contributed by atoms with Crippen LogP contribution < -0.4 is 0 Å². The maximum Gasteiger partial charge on any atom is 0.136 e. The average molecular weight is 371 g/mol. The highest BCUT2D eigenvalue weighted by atomic mass is 16.1. The SMILES string of the molecule is CC=C1C[C@H]2[C@@H]3C(=O)C[C@@H]4CCCC[C@]4(C)[C@H]3CC[C@]2(C)[C@H]1[C@H](C)CCC. The summed E-state index contributed by atoms with van der Waals surface area (Å²) in [6.45, 7) is 12.2. The van der Waals surface area contributed by atoms with Gasteiger partial charge in [0.05, 0.1) is 0 Å². The second kappa shape index (κ2) is 7.03. The first-order valence-electron chi connectivity index (χ1n) is 12.0. The Bertz CT molecular complexity index is 618. The molecule has 4 rings (SSSR count). The van der Waals surface area contributed by atoms with Crippen LogP contribution in [-0.2, 0) is 4.79 Å². The lowest BCUT2D eigenvalue weighted by molar-refractivity contribution is -0.156. The molecule has 0 heterocycles. The largest absolute Gasteiger partial charge is 0.299 e. The van der Waals surface area contributed by atoms with E-state index in [1.807, 2.05) is 0 Å². The van der Waals surface area contributed by atoms with Gasteiger partial charge in [0.15, 0.2) is 0 Å². The lowest BCUT2D eigenvalue weighted by Gasteiger charge is -2.59. The fourth-order valence-corrected chi connectivity index (χ4v) is 8.83. The van der Waals surface area contributed by atoms with Gasteiger partial charge in [0.25, 0.3) is 0 Å². The number of Topliss-reactive ketones (excluding diaryl/α,β-unsaturated/α-hetero) is 1. The monoisotopic (exact) mass is 370 g/mol. The lowest BCUT2D eigenvalue weighted by atomic mass is 9.44. The van der Waals surface area contributed by atoms with Crippen molar-refractivity contribution in [2.45, 2.75) is 98.8 Å². The van der Waals surface area contributed by atoms with Crippen molar-refractivity contribution in [2.24, 2.45) is 46.3 Å². The van der Waals surface area contributed by atoms with Crippen LogP contribution in [0, 0.1) is 46.3 Å². The molecular formula is C26H42O. The van der Waals surface area contributed by atoms with E-state index in [0.717, 1.165) is 12.3 Å². The van der Waals surface area contributed by atoms with E-state index in [1.165, 1.54) is 57.8 Å². The van der Waals surface area contributed by atoms with Gasteiger partial charge in [-0.05, 0) is 79.4 Å². The van der Waals surface area contributed by atoms with Crippen LogP contribution in [0.15, 0.2) is 11.6 Å². The van der Waals surface area contributed by atoms with Gasteiger partial charge in [-0.3, -0.25) is 4.79 Å². The molecule has 0 aliphatic heterocycles. The zero-order valence-corrected chi connectivity index (χ0v) is 18.5. The van der Waals surface area contributed by atoms with Gasteiger partial charge < -0.3 is 0 Å². The molecular weight excluding hydrogens is 328 g/mol. The summed E-state index contributed by atoms with van der Waals surface area (Å²) in [7, 11) is 0. The Hall–Kier alpha value is -0.590. The first-order valence-corrected chi connectivity index (χ1v) is 12.0. The average Bonchev–Trinajstić information content (AvgIpc) is 2.94.